The van der Waals surface area contributed by atoms with E-state index in [9.17, 15) is 0 Å². The number of benzene rings is 2. The Labute approximate surface area is 180 Å². The van der Waals surface area contributed by atoms with Crippen LogP contribution in [0.15, 0.2) is 53.5 Å². The third kappa shape index (κ3) is 6.66. The molecule has 0 bridgehead atoms. The Morgan fingerprint density at radius 3 is 2.33 bits per heavy atom. The lowest BCUT2D eigenvalue weighted by molar-refractivity contribution is 0.213. The van der Waals surface area contributed by atoms with Gasteiger partial charge in [0.2, 0.25) is 0 Å². The summed E-state index contributed by atoms with van der Waals surface area (Å²) >= 11 is 0. The summed E-state index contributed by atoms with van der Waals surface area (Å²) in [7, 11) is 3.43. The van der Waals surface area contributed by atoms with Crippen molar-refractivity contribution in [3.05, 3.63) is 59.7 Å². The number of rotatable bonds is 9. The average Bonchev–Trinajstić information content (AvgIpc) is 3.28. The summed E-state index contributed by atoms with van der Waals surface area (Å²) in [6, 6.07) is 16.5. The molecule has 1 heterocycles. The molecule has 1 aliphatic rings. The SMILES string of the molecule is CN=C(NCc1ccc(CN2CCCC2)cc1)NCC(C)Oc1ccccc1OC. The summed E-state index contributed by atoms with van der Waals surface area (Å²) in [4.78, 5) is 6.83. The molecule has 1 fully saturated rings. The van der Waals surface area contributed by atoms with Gasteiger partial charge in [-0.3, -0.25) is 9.89 Å². The zero-order valence-corrected chi connectivity index (χ0v) is 18.4. The number of methoxy groups -OCH3 is 1. The second-order valence-electron chi connectivity index (χ2n) is 7.69. The van der Waals surface area contributed by atoms with Gasteiger partial charge in [0.25, 0.3) is 0 Å². The highest BCUT2D eigenvalue weighted by Gasteiger charge is 2.12. The minimum absolute atomic E-state index is 0.0373. The second kappa shape index (κ2) is 11.5. The van der Waals surface area contributed by atoms with E-state index in [1.165, 1.54) is 37.1 Å². The number of ether oxygens (including phenoxy) is 2. The lowest BCUT2D eigenvalue weighted by atomic mass is 10.1. The van der Waals surface area contributed by atoms with Crippen LogP contribution in [0, 0.1) is 0 Å². The number of aliphatic imine (C=N–C) groups is 1. The highest BCUT2D eigenvalue weighted by molar-refractivity contribution is 5.79. The molecule has 30 heavy (non-hydrogen) atoms. The Hall–Kier alpha value is -2.73. The Kier molecular flexibility index (Phi) is 8.39. The molecular formula is C24H34N4O2. The van der Waals surface area contributed by atoms with Gasteiger partial charge in [-0.2, -0.15) is 0 Å². The summed E-state index contributed by atoms with van der Waals surface area (Å²) < 4.78 is 11.3. The Bertz CT molecular complexity index is 801. The van der Waals surface area contributed by atoms with Gasteiger partial charge < -0.3 is 20.1 Å². The van der Waals surface area contributed by atoms with Crippen molar-refractivity contribution >= 4 is 5.96 Å². The van der Waals surface area contributed by atoms with E-state index < -0.39 is 0 Å². The van der Waals surface area contributed by atoms with Crippen LogP contribution in [-0.4, -0.2) is 50.8 Å². The molecule has 2 aromatic rings. The summed E-state index contributed by atoms with van der Waals surface area (Å²) in [5.74, 6) is 2.23. The number of nitrogens with zero attached hydrogens (tertiary/aromatic N) is 2. The topological polar surface area (TPSA) is 58.1 Å². The van der Waals surface area contributed by atoms with Gasteiger partial charge in [-0.1, -0.05) is 36.4 Å². The fourth-order valence-corrected chi connectivity index (χ4v) is 3.58. The van der Waals surface area contributed by atoms with Crippen LogP contribution < -0.4 is 20.1 Å². The second-order valence-corrected chi connectivity index (χ2v) is 7.69. The maximum atomic E-state index is 5.99. The van der Waals surface area contributed by atoms with Gasteiger partial charge in [-0.15, -0.1) is 0 Å². The molecule has 1 aliphatic heterocycles. The fraction of sp³-hybridized carbons (Fsp3) is 0.458. The van der Waals surface area contributed by atoms with Crippen molar-refractivity contribution in [2.45, 2.75) is 39.0 Å². The Morgan fingerprint density at radius 1 is 1.00 bits per heavy atom. The first-order chi connectivity index (χ1) is 14.7. The molecular weight excluding hydrogens is 376 g/mol. The molecule has 162 valence electrons. The maximum absolute atomic E-state index is 5.99. The molecule has 2 aromatic carbocycles. The lowest BCUT2D eigenvalue weighted by Crippen LogP contribution is -2.41. The molecule has 6 heteroatoms. The zero-order chi connectivity index (χ0) is 21.2. The van der Waals surface area contributed by atoms with Crippen LogP contribution >= 0.6 is 0 Å². The van der Waals surface area contributed by atoms with Gasteiger partial charge in [0, 0.05) is 20.1 Å². The summed E-state index contributed by atoms with van der Waals surface area (Å²) in [6.45, 7) is 6.89. The van der Waals surface area contributed by atoms with E-state index in [1.807, 2.05) is 31.2 Å². The minimum Gasteiger partial charge on any atom is -0.493 e. The molecule has 0 aliphatic carbocycles. The van der Waals surface area contributed by atoms with Crippen molar-refractivity contribution in [2.75, 3.05) is 33.8 Å². The molecule has 2 N–H and O–H groups in total. The van der Waals surface area contributed by atoms with Gasteiger partial charge >= 0.3 is 0 Å². The van der Waals surface area contributed by atoms with E-state index >= 15 is 0 Å². The quantitative estimate of drug-likeness (QED) is 0.490. The molecule has 0 aromatic heterocycles. The standard InChI is InChI=1S/C24H34N4O2/c1-19(30-23-9-5-4-8-22(23)29-3)16-26-24(25-2)27-17-20-10-12-21(13-11-20)18-28-14-6-7-15-28/h4-5,8-13,19H,6-7,14-18H2,1-3H3,(H2,25,26,27). The maximum Gasteiger partial charge on any atom is 0.191 e. The molecule has 0 amide bonds. The summed E-state index contributed by atoms with van der Waals surface area (Å²) in [6.07, 6.45) is 2.62. The van der Waals surface area contributed by atoms with Gasteiger partial charge in [0.1, 0.15) is 6.10 Å². The number of hydrogen-bond donors (Lipinski definition) is 2. The van der Waals surface area contributed by atoms with Crippen LogP contribution in [-0.2, 0) is 13.1 Å². The van der Waals surface area contributed by atoms with Crippen molar-refractivity contribution < 1.29 is 9.47 Å². The van der Waals surface area contributed by atoms with Crippen LogP contribution in [0.5, 0.6) is 11.5 Å². The predicted octanol–water partition coefficient (Wildman–Crippen LogP) is 3.42. The summed E-state index contributed by atoms with van der Waals surface area (Å²) in [5.41, 5.74) is 2.62. The highest BCUT2D eigenvalue weighted by atomic mass is 16.5. The number of likely N-dealkylation sites (tertiary alicyclic amines) is 1. The van der Waals surface area contributed by atoms with Crippen LogP contribution in [0.4, 0.5) is 0 Å². The van der Waals surface area contributed by atoms with Crippen molar-refractivity contribution in [3.8, 4) is 11.5 Å². The van der Waals surface area contributed by atoms with Gasteiger partial charge in [-0.05, 0) is 56.1 Å². The van der Waals surface area contributed by atoms with Crippen molar-refractivity contribution in [1.29, 1.82) is 0 Å². The van der Waals surface area contributed by atoms with Gasteiger partial charge in [0.15, 0.2) is 17.5 Å². The zero-order valence-electron chi connectivity index (χ0n) is 18.4. The largest absolute Gasteiger partial charge is 0.493 e. The monoisotopic (exact) mass is 410 g/mol. The van der Waals surface area contributed by atoms with Crippen LogP contribution in [0.2, 0.25) is 0 Å². The Morgan fingerprint density at radius 2 is 1.67 bits per heavy atom. The first-order valence-electron chi connectivity index (χ1n) is 10.7. The number of para-hydroxylation sites is 2. The first-order valence-corrected chi connectivity index (χ1v) is 10.7. The Balaban J connectivity index is 1.42. The van der Waals surface area contributed by atoms with Crippen molar-refractivity contribution in [1.82, 2.24) is 15.5 Å². The molecule has 0 spiro atoms. The van der Waals surface area contributed by atoms with Gasteiger partial charge in [-0.25, -0.2) is 0 Å². The normalized spacial score (nSPS) is 15.6. The van der Waals surface area contributed by atoms with E-state index in [4.69, 9.17) is 9.47 Å². The fourth-order valence-electron chi connectivity index (χ4n) is 3.58. The smallest absolute Gasteiger partial charge is 0.191 e. The van der Waals surface area contributed by atoms with Crippen molar-refractivity contribution in [3.63, 3.8) is 0 Å². The third-order valence-electron chi connectivity index (χ3n) is 5.27. The van der Waals surface area contributed by atoms with Crippen LogP contribution in [0.25, 0.3) is 0 Å². The minimum atomic E-state index is -0.0373. The molecule has 1 atom stereocenters. The number of nitrogens with one attached hydrogen (secondary N) is 2. The van der Waals surface area contributed by atoms with Crippen molar-refractivity contribution in [2.24, 2.45) is 4.99 Å². The molecule has 0 saturated carbocycles. The summed E-state index contributed by atoms with van der Waals surface area (Å²) in [5, 5.41) is 6.69. The molecule has 1 saturated heterocycles. The first kappa shape index (κ1) is 22.0. The molecule has 3 rings (SSSR count). The molecule has 6 nitrogen and oxygen atoms in total. The van der Waals surface area contributed by atoms with E-state index in [0.29, 0.717) is 6.54 Å². The van der Waals surface area contributed by atoms with E-state index in [1.54, 1.807) is 14.2 Å². The highest BCUT2D eigenvalue weighted by Crippen LogP contribution is 2.26. The number of guanidine groups is 1. The molecule has 1 unspecified atom stereocenters. The van der Waals surface area contributed by atoms with E-state index in [2.05, 4.69) is 44.8 Å². The third-order valence-corrected chi connectivity index (χ3v) is 5.27. The van der Waals surface area contributed by atoms with E-state index in [-0.39, 0.29) is 6.10 Å². The van der Waals surface area contributed by atoms with Crippen LogP contribution in [0.1, 0.15) is 30.9 Å². The number of hydrogen-bond acceptors (Lipinski definition) is 4. The predicted molar refractivity (Wildman–Crippen MR) is 122 cm³/mol. The van der Waals surface area contributed by atoms with E-state index in [0.717, 1.165) is 30.5 Å². The van der Waals surface area contributed by atoms with Gasteiger partial charge in [0.05, 0.1) is 13.7 Å². The average molecular weight is 411 g/mol. The van der Waals surface area contributed by atoms with Crippen LogP contribution in [0.3, 0.4) is 0 Å². The lowest BCUT2D eigenvalue weighted by Gasteiger charge is -2.19. The molecule has 0 radical (unpaired) electrons.